The molecule has 0 unspecified atom stereocenters. The standard InChI is InChI=1S/C20H23ClN2O3/c1-3-5-9-19(24)22-15-7-6-8-16(13-15)23-20(25)14-10-11-18(26-4-2)17(21)12-14/h6-8,10-13H,3-5,9H2,1-2H3,(H,22,24)(H,23,25). The fourth-order valence-corrected chi connectivity index (χ4v) is 2.59. The van der Waals surface area contributed by atoms with Gasteiger partial charge in [-0.05, 0) is 49.7 Å². The lowest BCUT2D eigenvalue weighted by Gasteiger charge is -2.10. The summed E-state index contributed by atoms with van der Waals surface area (Å²) in [7, 11) is 0. The number of hydrogen-bond acceptors (Lipinski definition) is 3. The molecule has 0 aromatic heterocycles. The number of benzene rings is 2. The van der Waals surface area contributed by atoms with Crippen molar-refractivity contribution in [2.45, 2.75) is 33.1 Å². The maximum Gasteiger partial charge on any atom is 0.255 e. The van der Waals surface area contributed by atoms with Crippen LogP contribution in [0, 0.1) is 0 Å². The Kier molecular flexibility index (Phi) is 7.48. The molecule has 0 spiro atoms. The molecule has 0 aliphatic carbocycles. The zero-order valence-corrected chi connectivity index (χ0v) is 15.7. The van der Waals surface area contributed by atoms with Crippen LogP contribution in [-0.2, 0) is 4.79 Å². The lowest BCUT2D eigenvalue weighted by Crippen LogP contribution is -2.13. The van der Waals surface area contributed by atoms with Gasteiger partial charge in [0.1, 0.15) is 5.75 Å². The Morgan fingerprint density at radius 2 is 1.77 bits per heavy atom. The van der Waals surface area contributed by atoms with Crippen molar-refractivity contribution in [1.82, 2.24) is 0 Å². The number of carbonyl (C=O) groups is 2. The van der Waals surface area contributed by atoms with Crippen molar-refractivity contribution in [2.75, 3.05) is 17.2 Å². The maximum atomic E-state index is 12.4. The van der Waals surface area contributed by atoms with Crippen LogP contribution in [0.3, 0.4) is 0 Å². The Balaban J connectivity index is 2.04. The summed E-state index contributed by atoms with van der Waals surface area (Å²) in [6.07, 6.45) is 2.30. The number of hydrogen-bond donors (Lipinski definition) is 2. The zero-order chi connectivity index (χ0) is 18.9. The number of anilines is 2. The van der Waals surface area contributed by atoms with Crippen molar-refractivity contribution in [1.29, 1.82) is 0 Å². The number of amides is 2. The molecule has 0 aliphatic rings. The van der Waals surface area contributed by atoms with E-state index in [1.165, 1.54) is 0 Å². The lowest BCUT2D eigenvalue weighted by atomic mass is 10.2. The third-order valence-corrected chi connectivity index (χ3v) is 3.95. The van der Waals surface area contributed by atoms with Crippen molar-refractivity contribution in [3.63, 3.8) is 0 Å². The first-order valence-corrected chi connectivity index (χ1v) is 9.05. The number of carbonyl (C=O) groups excluding carboxylic acids is 2. The summed E-state index contributed by atoms with van der Waals surface area (Å²) in [6.45, 7) is 4.41. The van der Waals surface area contributed by atoms with Crippen LogP contribution < -0.4 is 15.4 Å². The van der Waals surface area contributed by atoms with E-state index in [0.717, 1.165) is 12.8 Å². The summed E-state index contributed by atoms with van der Waals surface area (Å²) < 4.78 is 5.37. The highest BCUT2D eigenvalue weighted by Crippen LogP contribution is 2.26. The fourth-order valence-electron chi connectivity index (χ4n) is 2.35. The van der Waals surface area contributed by atoms with Gasteiger partial charge in [0.15, 0.2) is 0 Å². The molecule has 2 N–H and O–H groups in total. The van der Waals surface area contributed by atoms with E-state index in [2.05, 4.69) is 10.6 Å². The highest BCUT2D eigenvalue weighted by molar-refractivity contribution is 6.32. The van der Waals surface area contributed by atoms with Crippen LogP contribution in [0.15, 0.2) is 42.5 Å². The Morgan fingerprint density at radius 1 is 1.04 bits per heavy atom. The molecule has 2 rings (SSSR count). The highest BCUT2D eigenvalue weighted by atomic mass is 35.5. The Labute approximate surface area is 158 Å². The second-order valence-electron chi connectivity index (χ2n) is 5.76. The Morgan fingerprint density at radius 3 is 2.42 bits per heavy atom. The summed E-state index contributed by atoms with van der Waals surface area (Å²) >= 11 is 6.13. The molecule has 0 saturated carbocycles. The van der Waals surface area contributed by atoms with Gasteiger partial charge in [0.2, 0.25) is 5.91 Å². The normalized spacial score (nSPS) is 10.3. The van der Waals surface area contributed by atoms with Crippen molar-refractivity contribution in [3.8, 4) is 5.75 Å². The molecule has 5 nitrogen and oxygen atoms in total. The first-order valence-electron chi connectivity index (χ1n) is 8.67. The quantitative estimate of drug-likeness (QED) is 0.673. The van der Waals surface area contributed by atoms with Gasteiger partial charge in [-0.2, -0.15) is 0 Å². The summed E-state index contributed by atoms with van der Waals surface area (Å²) in [4.78, 5) is 24.2. The van der Waals surface area contributed by atoms with Crippen LogP contribution in [0.25, 0.3) is 0 Å². The van der Waals surface area contributed by atoms with Crippen LogP contribution in [0.2, 0.25) is 5.02 Å². The topological polar surface area (TPSA) is 67.4 Å². The first-order chi connectivity index (χ1) is 12.5. The van der Waals surface area contributed by atoms with E-state index in [4.69, 9.17) is 16.3 Å². The van der Waals surface area contributed by atoms with Gasteiger partial charge in [-0.1, -0.05) is 31.0 Å². The van der Waals surface area contributed by atoms with Gasteiger partial charge < -0.3 is 15.4 Å². The van der Waals surface area contributed by atoms with Gasteiger partial charge in [0.25, 0.3) is 5.91 Å². The minimum absolute atomic E-state index is 0.0337. The molecule has 6 heteroatoms. The second kappa shape index (κ2) is 9.82. The molecule has 2 aromatic rings. The zero-order valence-electron chi connectivity index (χ0n) is 15.0. The molecular weight excluding hydrogens is 352 g/mol. The SMILES string of the molecule is CCCCC(=O)Nc1cccc(NC(=O)c2ccc(OCC)c(Cl)c2)c1. The van der Waals surface area contributed by atoms with E-state index in [1.807, 2.05) is 13.8 Å². The summed E-state index contributed by atoms with van der Waals surface area (Å²) in [5.74, 6) is 0.223. The highest BCUT2D eigenvalue weighted by Gasteiger charge is 2.10. The second-order valence-corrected chi connectivity index (χ2v) is 6.17. The Bertz CT molecular complexity index is 777. The fraction of sp³-hybridized carbons (Fsp3) is 0.300. The van der Waals surface area contributed by atoms with Gasteiger partial charge >= 0.3 is 0 Å². The third kappa shape index (κ3) is 5.77. The molecule has 0 atom stereocenters. The Hall–Kier alpha value is -2.53. The summed E-state index contributed by atoms with van der Waals surface area (Å²) in [5.41, 5.74) is 1.66. The van der Waals surface area contributed by atoms with Gasteiger partial charge in [-0.25, -0.2) is 0 Å². The minimum Gasteiger partial charge on any atom is -0.492 e. The largest absolute Gasteiger partial charge is 0.492 e. The van der Waals surface area contributed by atoms with E-state index in [0.29, 0.717) is 40.7 Å². The van der Waals surface area contributed by atoms with Crippen molar-refractivity contribution in [3.05, 3.63) is 53.1 Å². The number of unbranched alkanes of at least 4 members (excludes halogenated alkanes) is 1. The van der Waals surface area contributed by atoms with E-state index in [-0.39, 0.29) is 11.8 Å². The van der Waals surface area contributed by atoms with Crippen molar-refractivity contribution in [2.24, 2.45) is 0 Å². The van der Waals surface area contributed by atoms with Gasteiger partial charge in [0.05, 0.1) is 11.6 Å². The molecule has 2 aromatic carbocycles. The average Bonchev–Trinajstić information content (AvgIpc) is 2.62. The van der Waals surface area contributed by atoms with E-state index < -0.39 is 0 Å². The molecule has 0 radical (unpaired) electrons. The van der Waals surface area contributed by atoms with Crippen LogP contribution in [0.1, 0.15) is 43.5 Å². The van der Waals surface area contributed by atoms with Gasteiger partial charge in [-0.3, -0.25) is 9.59 Å². The molecule has 0 saturated heterocycles. The number of halogens is 1. The van der Waals surface area contributed by atoms with Crippen LogP contribution in [-0.4, -0.2) is 18.4 Å². The van der Waals surface area contributed by atoms with Crippen LogP contribution in [0.4, 0.5) is 11.4 Å². The van der Waals surface area contributed by atoms with Crippen molar-refractivity contribution >= 4 is 34.8 Å². The van der Waals surface area contributed by atoms with Crippen molar-refractivity contribution < 1.29 is 14.3 Å². The molecular formula is C20H23ClN2O3. The number of ether oxygens (including phenoxy) is 1. The molecule has 2 amide bonds. The predicted octanol–water partition coefficient (Wildman–Crippen LogP) is 5.12. The average molecular weight is 375 g/mol. The minimum atomic E-state index is -0.288. The smallest absolute Gasteiger partial charge is 0.255 e. The molecule has 0 bridgehead atoms. The van der Waals surface area contributed by atoms with Crippen LogP contribution in [0.5, 0.6) is 5.75 Å². The molecule has 0 heterocycles. The number of nitrogens with one attached hydrogen (secondary N) is 2. The number of rotatable bonds is 8. The van der Waals surface area contributed by atoms with Gasteiger partial charge in [0, 0.05) is 23.4 Å². The maximum absolute atomic E-state index is 12.4. The van der Waals surface area contributed by atoms with E-state index in [1.54, 1.807) is 42.5 Å². The monoisotopic (exact) mass is 374 g/mol. The predicted molar refractivity (Wildman–Crippen MR) is 105 cm³/mol. The summed E-state index contributed by atoms with van der Waals surface area (Å²) in [6, 6.07) is 11.9. The first kappa shape index (κ1) is 19.8. The van der Waals surface area contributed by atoms with E-state index in [9.17, 15) is 9.59 Å². The molecule has 0 aliphatic heterocycles. The van der Waals surface area contributed by atoms with Crippen LogP contribution >= 0.6 is 11.6 Å². The molecule has 0 fully saturated rings. The third-order valence-electron chi connectivity index (χ3n) is 3.66. The molecule has 138 valence electrons. The van der Waals surface area contributed by atoms with E-state index >= 15 is 0 Å². The lowest BCUT2D eigenvalue weighted by molar-refractivity contribution is -0.116. The summed E-state index contributed by atoms with van der Waals surface area (Å²) in [5, 5.41) is 6.02. The van der Waals surface area contributed by atoms with Gasteiger partial charge in [-0.15, -0.1) is 0 Å². The molecule has 26 heavy (non-hydrogen) atoms.